The molecule has 8 N–H and O–H groups in total. The number of aromatic amines is 2. The summed E-state index contributed by atoms with van der Waals surface area (Å²) in [6, 6.07) is 26.7. The van der Waals surface area contributed by atoms with Crippen LogP contribution in [0.3, 0.4) is 0 Å². The zero-order chi connectivity index (χ0) is 52.5. The molecule has 2 saturated heterocycles. The maximum atomic E-state index is 12.8. The molecule has 10 aromatic rings. The van der Waals surface area contributed by atoms with Crippen LogP contribution in [0.1, 0.15) is 50.7 Å². The highest BCUT2D eigenvalue weighted by molar-refractivity contribution is 6.00. The molecule has 0 unspecified atom stereocenters. The molecule has 0 atom stereocenters. The number of benzene rings is 2. The number of nitrogens with zero attached hydrogens (tertiary/aromatic N) is 10. The molecule has 0 aliphatic carbocycles. The van der Waals surface area contributed by atoms with Gasteiger partial charge in [-0.3, -0.25) is 15.3 Å². The van der Waals surface area contributed by atoms with Crippen molar-refractivity contribution < 1.29 is 23.3 Å². The molecule has 21 nitrogen and oxygen atoms in total. The molecule has 0 radical (unpaired) electrons. The summed E-state index contributed by atoms with van der Waals surface area (Å²) < 4.78 is 21.0. The van der Waals surface area contributed by atoms with Crippen molar-refractivity contribution in [1.29, 1.82) is 0 Å². The van der Waals surface area contributed by atoms with Crippen LogP contribution in [0.15, 0.2) is 131 Å². The monoisotopic (exact) mass is 1020 g/mol. The van der Waals surface area contributed by atoms with Crippen LogP contribution in [0, 0.1) is 0 Å². The largest absolute Gasteiger partial charge is 0.398 e. The molecular weight excluding hydrogens is 965 g/mol. The number of nitrogens with two attached hydrogens (primary N) is 2. The molecule has 2 aliphatic rings. The molecular formula is C55H58N16O5. The number of morpholine rings is 2. The second-order valence-electron chi connectivity index (χ2n) is 18.7. The number of hydrogen-bond donors (Lipinski definition) is 6. The molecule has 2 amide bonds. The number of anilines is 6. The first kappa shape index (κ1) is 50.3. The van der Waals surface area contributed by atoms with E-state index in [1.165, 1.54) is 0 Å². The summed E-state index contributed by atoms with van der Waals surface area (Å²) >= 11 is 0. The Morgan fingerprint density at radius 1 is 0.592 bits per heavy atom. The lowest BCUT2D eigenvalue weighted by Crippen LogP contribution is -2.36. The predicted molar refractivity (Wildman–Crippen MR) is 294 cm³/mol. The minimum absolute atomic E-state index is 0.163. The maximum absolute atomic E-state index is 12.8. The Labute approximate surface area is 437 Å². The lowest BCUT2D eigenvalue weighted by atomic mass is 9.97. The van der Waals surface area contributed by atoms with Gasteiger partial charge in [0.15, 0.2) is 0 Å². The normalized spacial score (nSPS) is 13.6. The van der Waals surface area contributed by atoms with Gasteiger partial charge in [-0.05, 0) is 94.8 Å². The van der Waals surface area contributed by atoms with Crippen molar-refractivity contribution in [3.63, 3.8) is 0 Å². The molecule has 0 bridgehead atoms. The summed E-state index contributed by atoms with van der Waals surface area (Å²) in [5.41, 5.74) is 23.9. The van der Waals surface area contributed by atoms with E-state index in [9.17, 15) is 4.79 Å². The number of ether oxygens (including phenoxy) is 2. The molecule has 0 saturated carbocycles. The fourth-order valence-corrected chi connectivity index (χ4v) is 8.97. The molecule has 76 heavy (non-hydrogen) atoms. The third-order valence-electron chi connectivity index (χ3n) is 12.9. The van der Waals surface area contributed by atoms with Crippen LogP contribution in [0.25, 0.3) is 67.1 Å². The van der Waals surface area contributed by atoms with E-state index in [0.29, 0.717) is 42.1 Å². The Morgan fingerprint density at radius 3 is 1.63 bits per heavy atom. The molecule has 10 heterocycles. The van der Waals surface area contributed by atoms with Gasteiger partial charge in [-0.2, -0.15) is 0 Å². The van der Waals surface area contributed by atoms with Crippen molar-refractivity contribution in [1.82, 2.24) is 50.2 Å². The molecule has 21 heteroatoms. The van der Waals surface area contributed by atoms with Gasteiger partial charge >= 0.3 is 6.03 Å². The second-order valence-corrected chi connectivity index (χ2v) is 18.7. The quantitative estimate of drug-likeness (QED) is 0.0695. The smallest absolute Gasteiger partial charge is 0.326 e. The highest BCUT2D eigenvalue weighted by Crippen LogP contribution is 2.35. The number of nitrogens with one attached hydrogen (secondary N) is 4. The molecule has 2 fully saturated rings. The highest BCUT2D eigenvalue weighted by atomic mass is 16.5. The van der Waals surface area contributed by atoms with Crippen molar-refractivity contribution in [3.05, 3.63) is 133 Å². The predicted octanol–water partition coefficient (Wildman–Crippen LogP) is 9.76. The third-order valence-corrected chi connectivity index (χ3v) is 12.9. The number of aromatic nitrogens is 10. The number of pyridine rings is 2. The van der Waals surface area contributed by atoms with Gasteiger partial charge in [-0.25, -0.2) is 24.7 Å². The van der Waals surface area contributed by atoms with Crippen molar-refractivity contribution in [2.24, 2.45) is 0 Å². The minimum Gasteiger partial charge on any atom is -0.398 e. The first-order valence-corrected chi connectivity index (χ1v) is 25.0. The summed E-state index contributed by atoms with van der Waals surface area (Å²) in [7, 11) is 0. The number of carbonyl (C=O) groups is 1. The van der Waals surface area contributed by atoms with Gasteiger partial charge in [0.2, 0.25) is 11.8 Å². The summed E-state index contributed by atoms with van der Waals surface area (Å²) in [5.74, 6) is 2.97. The molecule has 0 spiro atoms. The number of hydrogen-bond acceptors (Lipinski definition) is 17. The van der Waals surface area contributed by atoms with Gasteiger partial charge < -0.3 is 55.1 Å². The maximum Gasteiger partial charge on any atom is 0.326 e. The lowest BCUT2D eigenvalue weighted by Gasteiger charge is -2.27. The zero-order valence-electron chi connectivity index (χ0n) is 42.5. The van der Waals surface area contributed by atoms with E-state index >= 15 is 0 Å². The van der Waals surface area contributed by atoms with E-state index in [1.807, 2.05) is 48.5 Å². The Balaban J connectivity index is 0.000000150. The average molecular weight is 1020 g/mol. The summed E-state index contributed by atoms with van der Waals surface area (Å²) in [6.45, 7) is 14.6. The number of carbonyl (C=O) groups excluding carboxylic acids is 1. The summed E-state index contributed by atoms with van der Waals surface area (Å²) in [6.07, 6.45) is 9.98. The van der Waals surface area contributed by atoms with Crippen LogP contribution in [0.2, 0.25) is 0 Å². The Kier molecular flexibility index (Phi) is 15.2. The Morgan fingerprint density at radius 2 is 1.12 bits per heavy atom. The van der Waals surface area contributed by atoms with Crippen LogP contribution < -0.4 is 31.9 Å². The van der Waals surface area contributed by atoms with Crippen LogP contribution in [0.4, 0.5) is 39.6 Å². The number of nitrogen functional groups attached to an aromatic ring is 2. The number of H-pyrrole nitrogens is 2. The van der Waals surface area contributed by atoms with Gasteiger partial charge in [0, 0.05) is 97.0 Å². The van der Waals surface area contributed by atoms with E-state index in [1.54, 1.807) is 49.6 Å². The summed E-state index contributed by atoms with van der Waals surface area (Å²) in [5, 5.41) is 15.4. The van der Waals surface area contributed by atoms with Gasteiger partial charge in [-0.1, -0.05) is 50.1 Å². The van der Waals surface area contributed by atoms with E-state index in [-0.39, 0.29) is 11.8 Å². The molecule has 8 aromatic heterocycles. The first-order chi connectivity index (χ1) is 37.0. The zero-order valence-corrected chi connectivity index (χ0v) is 42.5. The van der Waals surface area contributed by atoms with Crippen LogP contribution in [-0.2, 0) is 9.47 Å². The number of rotatable bonds is 10. The fourth-order valence-electron chi connectivity index (χ4n) is 8.97. The van der Waals surface area contributed by atoms with Gasteiger partial charge in [0.05, 0.1) is 37.2 Å². The standard InChI is InChI=1S/C28H28N8O3.C19H23N5O.C8H7N3O/c1-17(2)20-12-18(23-13-21-26(32-23)30-16-31-27(21)36-8-10-38-11-9-36)5-6-22(20)33-28(37)34-25-14-24(35-39-25)19-4-3-7-29-15-19;1-12(2)14-9-13(3-4-16(14)20)17-10-15-18(23-17)21-11-22-19(15)24-5-7-25-8-6-24;9-8-4-7(11-12-8)6-2-1-3-10-5-6/h3-7,12-17H,8-11H2,1-2H3,(H,30,31,32)(H2,33,34,37);3-4,9-12H,5-8,20H2,1-2H3,(H,21,22,23);1-5H,9H2. The third kappa shape index (κ3) is 11.6. The lowest BCUT2D eigenvalue weighted by molar-refractivity contribution is 0.122. The fraction of sp³-hybridized carbons (Fsp3) is 0.255. The van der Waals surface area contributed by atoms with Crippen molar-refractivity contribution in [2.75, 3.05) is 84.5 Å². The molecule has 2 aliphatic heterocycles. The van der Waals surface area contributed by atoms with Crippen molar-refractivity contribution in [2.45, 2.75) is 39.5 Å². The number of urea groups is 1. The van der Waals surface area contributed by atoms with E-state index in [0.717, 1.165) is 124 Å². The summed E-state index contributed by atoms with van der Waals surface area (Å²) in [4.78, 5) is 50.1. The van der Waals surface area contributed by atoms with Crippen molar-refractivity contribution in [3.8, 4) is 45.0 Å². The SMILES string of the molecule is CC(C)c1cc(-c2cc3c(N4CCOCC4)ncnc3[nH]2)ccc1N.CC(C)c1cc(-c2cc3c(N4CCOCC4)ncnc3[nH]2)ccc1NC(=O)Nc1cc(-c2cccnc2)no1.Nc1cc(-c2cccnc2)no1. The molecule has 12 rings (SSSR count). The average Bonchev–Trinajstić information content (AvgIpc) is 4.30. The van der Waals surface area contributed by atoms with Gasteiger partial charge in [0.25, 0.3) is 0 Å². The van der Waals surface area contributed by atoms with Crippen LogP contribution in [-0.4, -0.2) is 109 Å². The number of fused-ring (bicyclic) bond motifs is 2. The first-order valence-electron chi connectivity index (χ1n) is 25.0. The Hall–Kier alpha value is -9.21. The van der Waals surface area contributed by atoms with E-state index in [4.69, 9.17) is 30.0 Å². The van der Waals surface area contributed by atoms with Crippen molar-refractivity contribution >= 4 is 62.9 Å². The van der Waals surface area contributed by atoms with E-state index < -0.39 is 6.03 Å². The molecule has 388 valence electrons. The topological polar surface area (TPSA) is 279 Å². The van der Waals surface area contributed by atoms with Crippen LogP contribution in [0.5, 0.6) is 0 Å². The van der Waals surface area contributed by atoms with Gasteiger partial charge in [-0.15, -0.1) is 0 Å². The number of amides is 2. The van der Waals surface area contributed by atoms with Gasteiger partial charge in [0.1, 0.15) is 47.0 Å². The Bertz CT molecular complexity index is 3540. The van der Waals surface area contributed by atoms with Crippen LogP contribution >= 0.6 is 0 Å². The highest BCUT2D eigenvalue weighted by Gasteiger charge is 2.21. The minimum atomic E-state index is -0.422. The second kappa shape index (κ2) is 22.9. The molecule has 2 aromatic carbocycles. The van der Waals surface area contributed by atoms with E-state index in [2.05, 4.69) is 123 Å².